The predicted octanol–water partition coefficient (Wildman–Crippen LogP) is 2.80. The van der Waals surface area contributed by atoms with Gasteiger partial charge in [0.05, 0.1) is 12.7 Å². The van der Waals surface area contributed by atoms with E-state index in [2.05, 4.69) is 10.3 Å². The number of hydrogen-bond donors (Lipinski definition) is 0. The Morgan fingerprint density at radius 1 is 1.05 bits per heavy atom. The lowest BCUT2D eigenvalue weighted by Crippen LogP contribution is -1.99. The van der Waals surface area contributed by atoms with E-state index in [4.69, 9.17) is 0 Å². The van der Waals surface area contributed by atoms with Crippen LogP contribution in [0.15, 0.2) is 70.7 Å². The second-order valence-corrected chi connectivity index (χ2v) is 6.25. The Morgan fingerprint density at radius 2 is 1.76 bits per heavy atom. The van der Waals surface area contributed by atoms with Gasteiger partial charge in [0.15, 0.2) is 5.03 Å². The fourth-order valence-electron chi connectivity index (χ4n) is 2.00. The van der Waals surface area contributed by atoms with Crippen LogP contribution in [0.25, 0.3) is 0 Å². The molecule has 1 heterocycles. The normalized spacial score (nSPS) is 12.2. The minimum absolute atomic E-state index is 0.481. The van der Waals surface area contributed by atoms with Gasteiger partial charge in [-0.05, 0) is 24.6 Å². The second kappa shape index (κ2) is 6.01. The van der Waals surface area contributed by atoms with Gasteiger partial charge in [-0.3, -0.25) is 0 Å². The van der Waals surface area contributed by atoms with Crippen molar-refractivity contribution < 1.29 is 4.21 Å². The lowest BCUT2D eigenvalue weighted by Gasteiger charge is -2.00. The standard InChI is InChI=1S/C16H15N3OS/c1-13-7-9-15(10-8-13)21(20)16-12-19(18-17-16)11-14-5-3-2-4-6-14/h2-10,12H,11H2,1H3. The number of aryl methyl sites for hydroxylation is 1. The molecule has 1 aromatic heterocycles. The van der Waals surface area contributed by atoms with E-state index in [0.717, 1.165) is 16.0 Å². The predicted molar refractivity (Wildman–Crippen MR) is 81.4 cm³/mol. The molecule has 0 N–H and O–H groups in total. The maximum atomic E-state index is 12.4. The number of benzene rings is 2. The van der Waals surface area contributed by atoms with Gasteiger partial charge in [-0.2, -0.15) is 0 Å². The van der Waals surface area contributed by atoms with Crippen LogP contribution in [0.1, 0.15) is 11.1 Å². The van der Waals surface area contributed by atoms with E-state index >= 15 is 0 Å². The SMILES string of the molecule is Cc1ccc(S(=O)c2cn(Cc3ccccc3)nn2)cc1. The fraction of sp³-hybridized carbons (Fsp3) is 0.125. The van der Waals surface area contributed by atoms with Gasteiger partial charge in [-0.1, -0.05) is 53.2 Å². The number of aromatic nitrogens is 3. The molecule has 106 valence electrons. The molecule has 0 fully saturated rings. The van der Waals surface area contributed by atoms with Crippen LogP contribution in [-0.2, 0) is 17.3 Å². The van der Waals surface area contributed by atoms with Crippen LogP contribution in [-0.4, -0.2) is 19.2 Å². The van der Waals surface area contributed by atoms with Gasteiger partial charge in [0.2, 0.25) is 0 Å². The summed E-state index contributed by atoms with van der Waals surface area (Å²) in [6.07, 6.45) is 1.74. The molecular formula is C16H15N3OS. The van der Waals surface area contributed by atoms with Crippen molar-refractivity contribution in [2.75, 3.05) is 0 Å². The third-order valence-corrected chi connectivity index (χ3v) is 4.40. The van der Waals surface area contributed by atoms with Crippen molar-refractivity contribution in [3.05, 3.63) is 71.9 Å². The Morgan fingerprint density at radius 3 is 2.48 bits per heavy atom. The highest BCUT2D eigenvalue weighted by molar-refractivity contribution is 7.85. The zero-order valence-electron chi connectivity index (χ0n) is 11.6. The maximum Gasteiger partial charge on any atom is 0.174 e. The van der Waals surface area contributed by atoms with E-state index in [1.807, 2.05) is 61.5 Å². The summed E-state index contributed by atoms with van der Waals surface area (Å²) in [6, 6.07) is 17.6. The lowest BCUT2D eigenvalue weighted by molar-refractivity contribution is 0.648. The zero-order chi connectivity index (χ0) is 14.7. The van der Waals surface area contributed by atoms with E-state index in [0.29, 0.717) is 11.6 Å². The molecule has 1 unspecified atom stereocenters. The second-order valence-electron chi connectivity index (χ2n) is 4.82. The summed E-state index contributed by atoms with van der Waals surface area (Å²) in [5.41, 5.74) is 2.28. The molecule has 21 heavy (non-hydrogen) atoms. The summed E-state index contributed by atoms with van der Waals surface area (Å²) in [5, 5.41) is 8.55. The van der Waals surface area contributed by atoms with Crippen molar-refractivity contribution >= 4 is 10.8 Å². The summed E-state index contributed by atoms with van der Waals surface area (Å²) >= 11 is 0. The Bertz CT molecular complexity index is 751. The van der Waals surface area contributed by atoms with Gasteiger partial charge in [-0.15, -0.1) is 5.10 Å². The van der Waals surface area contributed by atoms with Crippen molar-refractivity contribution in [2.24, 2.45) is 0 Å². The smallest absolute Gasteiger partial charge is 0.174 e. The first-order valence-electron chi connectivity index (χ1n) is 6.65. The average Bonchev–Trinajstić information content (AvgIpc) is 2.97. The van der Waals surface area contributed by atoms with Crippen molar-refractivity contribution in [3.63, 3.8) is 0 Å². The first-order valence-corrected chi connectivity index (χ1v) is 7.80. The molecule has 2 aromatic carbocycles. The first-order chi connectivity index (χ1) is 10.2. The van der Waals surface area contributed by atoms with Crippen LogP contribution < -0.4 is 0 Å². The summed E-state index contributed by atoms with van der Waals surface area (Å²) in [5.74, 6) is 0. The minimum atomic E-state index is -1.29. The lowest BCUT2D eigenvalue weighted by atomic mass is 10.2. The molecule has 4 nitrogen and oxygen atoms in total. The van der Waals surface area contributed by atoms with Crippen LogP contribution in [0.3, 0.4) is 0 Å². The van der Waals surface area contributed by atoms with Crippen LogP contribution in [0.5, 0.6) is 0 Å². The minimum Gasteiger partial charge on any atom is -0.247 e. The highest BCUT2D eigenvalue weighted by atomic mass is 32.2. The van der Waals surface area contributed by atoms with Crippen molar-refractivity contribution in [2.45, 2.75) is 23.4 Å². The van der Waals surface area contributed by atoms with E-state index in [1.165, 1.54) is 0 Å². The summed E-state index contributed by atoms with van der Waals surface area (Å²) in [7, 11) is -1.29. The fourth-order valence-corrected chi connectivity index (χ4v) is 2.95. The molecule has 0 saturated carbocycles. The molecule has 0 saturated heterocycles. The van der Waals surface area contributed by atoms with E-state index < -0.39 is 10.8 Å². The molecule has 0 aliphatic rings. The molecule has 0 amide bonds. The summed E-state index contributed by atoms with van der Waals surface area (Å²) in [4.78, 5) is 0.743. The van der Waals surface area contributed by atoms with Gasteiger partial charge >= 0.3 is 0 Å². The van der Waals surface area contributed by atoms with Gasteiger partial charge in [0, 0.05) is 4.90 Å². The van der Waals surface area contributed by atoms with Gasteiger partial charge in [-0.25, -0.2) is 8.89 Å². The zero-order valence-corrected chi connectivity index (χ0v) is 12.5. The largest absolute Gasteiger partial charge is 0.247 e. The van der Waals surface area contributed by atoms with Crippen molar-refractivity contribution in [3.8, 4) is 0 Å². The monoisotopic (exact) mass is 297 g/mol. The Balaban J connectivity index is 1.78. The van der Waals surface area contributed by atoms with E-state index in [1.54, 1.807) is 10.9 Å². The Kier molecular flexibility index (Phi) is 3.92. The molecule has 0 aliphatic heterocycles. The van der Waals surface area contributed by atoms with Gasteiger partial charge in [0.1, 0.15) is 10.8 Å². The molecule has 0 radical (unpaired) electrons. The van der Waals surface area contributed by atoms with Gasteiger partial charge in [0.25, 0.3) is 0 Å². The van der Waals surface area contributed by atoms with Crippen LogP contribution in [0, 0.1) is 6.92 Å². The summed E-state index contributed by atoms with van der Waals surface area (Å²) < 4.78 is 14.1. The number of nitrogens with zero attached hydrogens (tertiary/aromatic N) is 3. The van der Waals surface area contributed by atoms with Crippen LogP contribution in [0.2, 0.25) is 0 Å². The van der Waals surface area contributed by atoms with Crippen molar-refractivity contribution in [1.82, 2.24) is 15.0 Å². The molecule has 3 rings (SSSR count). The van der Waals surface area contributed by atoms with E-state index in [-0.39, 0.29) is 0 Å². The molecular weight excluding hydrogens is 282 g/mol. The number of rotatable bonds is 4. The summed E-state index contributed by atoms with van der Waals surface area (Å²) in [6.45, 7) is 2.63. The quantitative estimate of drug-likeness (QED) is 0.744. The third kappa shape index (κ3) is 3.25. The third-order valence-electron chi connectivity index (χ3n) is 3.13. The molecule has 3 aromatic rings. The van der Waals surface area contributed by atoms with Gasteiger partial charge < -0.3 is 0 Å². The molecule has 0 aliphatic carbocycles. The molecule has 1 atom stereocenters. The van der Waals surface area contributed by atoms with Crippen LogP contribution >= 0.6 is 0 Å². The maximum absolute atomic E-state index is 12.4. The highest BCUT2D eigenvalue weighted by Crippen LogP contribution is 2.14. The number of hydrogen-bond acceptors (Lipinski definition) is 3. The Hall–Kier alpha value is -2.27. The topological polar surface area (TPSA) is 47.8 Å². The Labute approximate surface area is 125 Å². The average molecular weight is 297 g/mol. The highest BCUT2D eigenvalue weighted by Gasteiger charge is 2.11. The first kappa shape index (κ1) is 13.7. The molecule has 0 spiro atoms. The van der Waals surface area contributed by atoms with Crippen LogP contribution in [0.4, 0.5) is 0 Å². The van der Waals surface area contributed by atoms with Crippen molar-refractivity contribution in [1.29, 1.82) is 0 Å². The van der Waals surface area contributed by atoms with E-state index in [9.17, 15) is 4.21 Å². The molecule has 5 heteroatoms. The molecule has 0 bridgehead atoms.